The summed E-state index contributed by atoms with van der Waals surface area (Å²) in [6.45, 7) is 1.06. The highest BCUT2D eigenvalue weighted by Crippen LogP contribution is 2.29. The summed E-state index contributed by atoms with van der Waals surface area (Å²) in [5.41, 5.74) is 1.12. The van der Waals surface area contributed by atoms with Crippen LogP contribution in [0.15, 0.2) is 18.2 Å². The molecule has 3 heteroatoms. The van der Waals surface area contributed by atoms with Crippen LogP contribution in [-0.2, 0) is 0 Å². The monoisotopic (exact) mass is 197 g/mol. The van der Waals surface area contributed by atoms with Crippen LogP contribution in [0.1, 0.15) is 24.4 Å². The maximum atomic E-state index is 9.40. The molecule has 1 atom stereocenters. The van der Waals surface area contributed by atoms with Crippen LogP contribution in [0.3, 0.4) is 0 Å². The molecular weight excluding hydrogens is 186 g/mol. The first kappa shape index (κ1) is 8.85. The summed E-state index contributed by atoms with van der Waals surface area (Å²) >= 11 is 5.72. The second-order valence-electron chi connectivity index (χ2n) is 3.36. The Morgan fingerprint density at radius 2 is 2.31 bits per heavy atom. The smallest absolute Gasteiger partial charge is 0.134 e. The van der Waals surface area contributed by atoms with E-state index >= 15 is 0 Å². The number of nitrogens with one attached hydrogen (secondary N) is 1. The average molecular weight is 198 g/mol. The van der Waals surface area contributed by atoms with Gasteiger partial charge in [0.25, 0.3) is 0 Å². The molecule has 0 spiro atoms. The van der Waals surface area contributed by atoms with Gasteiger partial charge in [-0.1, -0.05) is 17.7 Å². The first-order chi connectivity index (χ1) is 6.27. The van der Waals surface area contributed by atoms with Crippen LogP contribution in [0.5, 0.6) is 5.75 Å². The second kappa shape index (κ2) is 3.56. The molecule has 1 aliphatic heterocycles. The van der Waals surface area contributed by atoms with Gasteiger partial charge in [0.05, 0.1) is 5.02 Å². The fourth-order valence-corrected chi connectivity index (χ4v) is 1.83. The van der Waals surface area contributed by atoms with Gasteiger partial charge in [-0.3, -0.25) is 0 Å². The molecule has 0 aliphatic carbocycles. The number of phenolic OH excluding ortho intramolecular Hbond substituents is 1. The fourth-order valence-electron chi connectivity index (χ4n) is 1.72. The van der Waals surface area contributed by atoms with Gasteiger partial charge in [-0.15, -0.1) is 0 Å². The predicted octanol–water partition coefficient (Wildman–Crippen LogP) is 2.47. The largest absolute Gasteiger partial charge is 0.506 e. The first-order valence-corrected chi connectivity index (χ1v) is 4.87. The van der Waals surface area contributed by atoms with Gasteiger partial charge < -0.3 is 10.4 Å². The highest BCUT2D eigenvalue weighted by Gasteiger charge is 2.16. The lowest BCUT2D eigenvalue weighted by molar-refractivity contribution is 0.473. The molecule has 1 aromatic rings. The molecule has 0 radical (unpaired) electrons. The highest BCUT2D eigenvalue weighted by molar-refractivity contribution is 6.32. The number of phenols is 1. The van der Waals surface area contributed by atoms with E-state index in [-0.39, 0.29) is 5.75 Å². The Bertz CT molecular complexity index is 308. The third-order valence-electron chi connectivity index (χ3n) is 2.43. The predicted molar refractivity (Wildman–Crippen MR) is 53.1 cm³/mol. The average Bonchev–Trinajstić information content (AvgIpc) is 2.62. The lowest BCUT2D eigenvalue weighted by atomic mass is 10.1. The van der Waals surface area contributed by atoms with Crippen LogP contribution in [0.2, 0.25) is 5.02 Å². The van der Waals surface area contributed by atoms with Crippen molar-refractivity contribution in [2.45, 2.75) is 18.9 Å². The Hall–Kier alpha value is -0.730. The summed E-state index contributed by atoms with van der Waals surface area (Å²) < 4.78 is 0. The topological polar surface area (TPSA) is 32.3 Å². The molecule has 1 aromatic carbocycles. The van der Waals surface area contributed by atoms with Gasteiger partial charge in [0.1, 0.15) is 5.75 Å². The van der Waals surface area contributed by atoms with Gasteiger partial charge in [-0.25, -0.2) is 0 Å². The number of benzene rings is 1. The quantitative estimate of drug-likeness (QED) is 0.725. The van der Waals surface area contributed by atoms with Crippen molar-refractivity contribution in [1.29, 1.82) is 0 Å². The molecule has 70 valence electrons. The Kier molecular flexibility index (Phi) is 2.42. The molecule has 1 aliphatic rings. The highest BCUT2D eigenvalue weighted by atomic mass is 35.5. The Morgan fingerprint density at radius 1 is 1.46 bits per heavy atom. The van der Waals surface area contributed by atoms with E-state index in [9.17, 15) is 5.11 Å². The zero-order chi connectivity index (χ0) is 9.26. The third kappa shape index (κ3) is 1.79. The molecule has 0 amide bonds. The van der Waals surface area contributed by atoms with Crippen LogP contribution >= 0.6 is 11.6 Å². The van der Waals surface area contributed by atoms with Gasteiger partial charge in [-0.2, -0.15) is 0 Å². The molecule has 0 bridgehead atoms. The molecule has 2 rings (SSSR count). The van der Waals surface area contributed by atoms with Crippen molar-refractivity contribution in [3.8, 4) is 5.75 Å². The standard InChI is InChI=1S/C10H12ClNO/c11-8-4-3-7(6-10(8)13)9-2-1-5-12-9/h3-4,6,9,12-13H,1-2,5H2. The van der Waals surface area contributed by atoms with Crippen molar-refractivity contribution >= 4 is 11.6 Å². The van der Waals surface area contributed by atoms with E-state index in [0.717, 1.165) is 18.5 Å². The van der Waals surface area contributed by atoms with Gasteiger partial charge in [-0.05, 0) is 37.1 Å². The molecule has 2 nitrogen and oxygen atoms in total. The van der Waals surface area contributed by atoms with E-state index in [0.29, 0.717) is 11.1 Å². The molecule has 1 heterocycles. The normalized spacial score (nSPS) is 22.1. The molecule has 1 unspecified atom stereocenters. The molecule has 2 N–H and O–H groups in total. The molecular formula is C10H12ClNO. The van der Waals surface area contributed by atoms with Crippen molar-refractivity contribution in [3.05, 3.63) is 28.8 Å². The molecule has 13 heavy (non-hydrogen) atoms. The van der Waals surface area contributed by atoms with Gasteiger partial charge in [0.15, 0.2) is 0 Å². The summed E-state index contributed by atoms with van der Waals surface area (Å²) in [5, 5.41) is 13.2. The number of hydrogen-bond acceptors (Lipinski definition) is 2. The van der Waals surface area contributed by atoms with Crippen LogP contribution in [0, 0.1) is 0 Å². The number of rotatable bonds is 1. The lowest BCUT2D eigenvalue weighted by Crippen LogP contribution is -2.12. The van der Waals surface area contributed by atoms with Crippen LogP contribution in [0.25, 0.3) is 0 Å². The van der Waals surface area contributed by atoms with Crippen LogP contribution in [0.4, 0.5) is 0 Å². The maximum absolute atomic E-state index is 9.40. The van der Waals surface area contributed by atoms with Crippen LogP contribution in [-0.4, -0.2) is 11.7 Å². The zero-order valence-corrected chi connectivity index (χ0v) is 8.01. The van der Waals surface area contributed by atoms with Gasteiger partial charge in [0.2, 0.25) is 0 Å². The number of hydrogen-bond donors (Lipinski definition) is 2. The van der Waals surface area contributed by atoms with Crippen molar-refractivity contribution in [3.63, 3.8) is 0 Å². The van der Waals surface area contributed by atoms with E-state index in [1.54, 1.807) is 12.1 Å². The first-order valence-electron chi connectivity index (χ1n) is 4.49. The summed E-state index contributed by atoms with van der Waals surface area (Å²) in [6.07, 6.45) is 2.34. The maximum Gasteiger partial charge on any atom is 0.134 e. The Balaban J connectivity index is 2.25. The summed E-state index contributed by atoms with van der Waals surface area (Å²) in [4.78, 5) is 0. The summed E-state index contributed by atoms with van der Waals surface area (Å²) in [6, 6.07) is 5.84. The Morgan fingerprint density at radius 3 is 2.92 bits per heavy atom. The third-order valence-corrected chi connectivity index (χ3v) is 2.75. The van der Waals surface area contributed by atoms with E-state index < -0.39 is 0 Å². The van der Waals surface area contributed by atoms with E-state index in [1.807, 2.05) is 6.07 Å². The molecule has 1 saturated heterocycles. The molecule has 0 saturated carbocycles. The van der Waals surface area contributed by atoms with Crippen molar-refractivity contribution in [2.24, 2.45) is 0 Å². The zero-order valence-electron chi connectivity index (χ0n) is 7.26. The second-order valence-corrected chi connectivity index (χ2v) is 3.77. The summed E-state index contributed by atoms with van der Waals surface area (Å²) in [5.74, 6) is 0.174. The van der Waals surface area contributed by atoms with Gasteiger partial charge in [0, 0.05) is 6.04 Å². The SMILES string of the molecule is Oc1cc(C2CCCN2)ccc1Cl. The minimum atomic E-state index is 0.174. The van der Waals surface area contributed by atoms with E-state index in [4.69, 9.17) is 11.6 Å². The van der Waals surface area contributed by atoms with E-state index in [1.165, 1.54) is 6.42 Å². The molecule has 0 aromatic heterocycles. The van der Waals surface area contributed by atoms with Gasteiger partial charge >= 0.3 is 0 Å². The number of aromatic hydroxyl groups is 1. The Labute approximate surface area is 82.5 Å². The fraction of sp³-hybridized carbons (Fsp3) is 0.400. The van der Waals surface area contributed by atoms with Crippen molar-refractivity contribution in [2.75, 3.05) is 6.54 Å². The molecule has 1 fully saturated rings. The van der Waals surface area contributed by atoms with E-state index in [2.05, 4.69) is 5.32 Å². The summed E-state index contributed by atoms with van der Waals surface area (Å²) in [7, 11) is 0. The minimum Gasteiger partial charge on any atom is -0.506 e. The van der Waals surface area contributed by atoms with Crippen LogP contribution < -0.4 is 5.32 Å². The van der Waals surface area contributed by atoms with Crippen molar-refractivity contribution in [1.82, 2.24) is 5.32 Å². The van der Waals surface area contributed by atoms with Crippen molar-refractivity contribution < 1.29 is 5.11 Å². The number of halogens is 1. The lowest BCUT2D eigenvalue weighted by Gasteiger charge is -2.10. The minimum absolute atomic E-state index is 0.174.